The Morgan fingerprint density at radius 3 is 2.63 bits per heavy atom. The van der Waals surface area contributed by atoms with E-state index >= 15 is 0 Å². The van der Waals surface area contributed by atoms with Crippen molar-refractivity contribution in [1.82, 2.24) is 0 Å². The molecular formula is C16H15BrO2. The van der Waals surface area contributed by atoms with Gasteiger partial charge < -0.3 is 4.74 Å². The van der Waals surface area contributed by atoms with Gasteiger partial charge in [0.1, 0.15) is 12.4 Å². The number of rotatable bonds is 4. The van der Waals surface area contributed by atoms with Gasteiger partial charge in [-0.25, -0.2) is 0 Å². The van der Waals surface area contributed by atoms with Crippen LogP contribution < -0.4 is 4.74 Å². The maximum Gasteiger partial charge on any atom is 0.160 e. The summed E-state index contributed by atoms with van der Waals surface area (Å²) in [5.41, 5.74) is 2.79. The van der Waals surface area contributed by atoms with Crippen LogP contribution in [-0.4, -0.2) is 5.78 Å². The molecule has 0 unspecified atom stereocenters. The number of benzene rings is 2. The van der Waals surface area contributed by atoms with Crippen molar-refractivity contribution < 1.29 is 9.53 Å². The number of hydrogen-bond acceptors (Lipinski definition) is 2. The topological polar surface area (TPSA) is 26.3 Å². The van der Waals surface area contributed by atoms with E-state index in [1.807, 2.05) is 49.4 Å². The number of carbonyl (C=O) groups is 1. The van der Waals surface area contributed by atoms with Crippen molar-refractivity contribution in [1.29, 1.82) is 0 Å². The van der Waals surface area contributed by atoms with Crippen molar-refractivity contribution in [3.8, 4) is 5.75 Å². The third kappa shape index (κ3) is 3.67. The summed E-state index contributed by atoms with van der Waals surface area (Å²) >= 11 is 3.43. The number of Topliss-reactive ketones (excluding diaryl/α,β-unsaturated/α-hetero) is 1. The number of halogens is 1. The largest absolute Gasteiger partial charge is 0.489 e. The van der Waals surface area contributed by atoms with E-state index in [1.165, 1.54) is 0 Å². The lowest BCUT2D eigenvalue weighted by molar-refractivity contribution is 0.101. The summed E-state index contributed by atoms with van der Waals surface area (Å²) in [7, 11) is 0. The number of hydrogen-bond donors (Lipinski definition) is 0. The maximum absolute atomic E-state index is 11.3. The highest BCUT2D eigenvalue weighted by Crippen LogP contribution is 2.19. The minimum absolute atomic E-state index is 0.0797. The van der Waals surface area contributed by atoms with Crippen LogP contribution >= 0.6 is 15.9 Å². The molecule has 3 heteroatoms. The monoisotopic (exact) mass is 318 g/mol. The van der Waals surface area contributed by atoms with Crippen molar-refractivity contribution in [2.24, 2.45) is 0 Å². The normalized spacial score (nSPS) is 10.3. The Morgan fingerprint density at radius 2 is 2.00 bits per heavy atom. The molecule has 0 amide bonds. The van der Waals surface area contributed by atoms with E-state index in [9.17, 15) is 4.79 Å². The van der Waals surface area contributed by atoms with E-state index in [2.05, 4.69) is 15.9 Å². The summed E-state index contributed by atoms with van der Waals surface area (Å²) in [4.78, 5) is 11.3. The van der Waals surface area contributed by atoms with Gasteiger partial charge in [-0.2, -0.15) is 0 Å². The summed E-state index contributed by atoms with van der Waals surface area (Å²) in [5, 5.41) is 0. The molecule has 98 valence electrons. The standard InChI is InChI=1S/C16H15BrO2/c1-11-8-15(6-7-16(11)12(2)18)19-10-13-4-3-5-14(17)9-13/h3-9H,10H2,1-2H3. The molecule has 0 aliphatic heterocycles. The lowest BCUT2D eigenvalue weighted by Crippen LogP contribution is -1.99. The second-order valence-electron chi connectivity index (χ2n) is 4.45. The van der Waals surface area contributed by atoms with Gasteiger partial charge in [0.2, 0.25) is 0 Å². The van der Waals surface area contributed by atoms with Crippen LogP contribution in [0, 0.1) is 6.92 Å². The Kier molecular flexibility index (Phi) is 4.38. The first-order valence-electron chi connectivity index (χ1n) is 6.05. The molecule has 0 aromatic heterocycles. The highest BCUT2D eigenvalue weighted by molar-refractivity contribution is 9.10. The number of ether oxygens (including phenoxy) is 1. The third-order valence-electron chi connectivity index (χ3n) is 2.87. The van der Waals surface area contributed by atoms with Gasteiger partial charge in [-0.15, -0.1) is 0 Å². The SMILES string of the molecule is CC(=O)c1ccc(OCc2cccc(Br)c2)cc1C. The molecule has 2 nitrogen and oxygen atoms in total. The van der Waals surface area contributed by atoms with E-state index in [4.69, 9.17) is 4.74 Å². The highest BCUT2D eigenvalue weighted by Gasteiger charge is 2.05. The van der Waals surface area contributed by atoms with Crippen LogP contribution in [0.1, 0.15) is 28.4 Å². The summed E-state index contributed by atoms with van der Waals surface area (Å²) in [6.45, 7) is 4.01. The summed E-state index contributed by atoms with van der Waals surface area (Å²) in [6.07, 6.45) is 0. The molecule has 0 N–H and O–H groups in total. The van der Waals surface area contributed by atoms with Crippen LogP contribution in [0.4, 0.5) is 0 Å². The van der Waals surface area contributed by atoms with Gasteiger partial charge in [0.15, 0.2) is 5.78 Å². The van der Waals surface area contributed by atoms with E-state index in [0.29, 0.717) is 6.61 Å². The highest BCUT2D eigenvalue weighted by atomic mass is 79.9. The smallest absolute Gasteiger partial charge is 0.160 e. The molecule has 0 bridgehead atoms. The zero-order valence-electron chi connectivity index (χ0n) is 10.9. The van der Waals surface area contributed by atoms with Crippen LogP contribution in [0.2, 0.25) is 0 Å². The lowest BCUT2D eigenvalue weighted by Gasteiger charge is -2.09. The molecule has 2 aromatic carbocycles. The first-order valence-corrected chi connectivity index (χ1v) is 6.84. The molecule has 0 fully saturated rings. The zero-order valence-corrected chi connectivity index (χ0v) is 12.5. The Bertz CT molecular complexity index is 605. The fourth-order valence-electron chi connectivity index (χ4n) is 1.91. The minimum Gasteiger partial charge on any atom is -0.489 e. The van der Waals surface area contributed by atoms with E-state index < -0.39 is 0 Å². The molecule has 0 saturated heterocycles. The van der Waals surface area contributed by atoms with Gasteiger partial charge in [-0.3, -0.25) is 4.79 Å². The van der Waals surface area contributed by atoms with Crippen molar-refractivity contribution in [3.05, 3.63) is 63.6 Å². The second kappa shape index (κ2) is 6.02. The first-order chi connectivity index (χ1) is 9.06. The molecule has 0 heterocycles. The molecule has 2 aromatic rings. The lowest BCUT2D eigenvalue weighted by atomic mass is 10.1. The number of ketones is 1. The number of aryl methyl sites for hydroxylation is 1. The number of carbonyl (C=O) groups excluding carboxylic acids is 1. The molecule has 0 atom stereocenters. The third-order valence-corrected chi connectivity index (χ3v) is 3.36. The molecule has 0 aliphatic carbocycles. The van der Waals surface area contributed by atoms with Gasteiger partial charge in [-0.1, -0.05) is 28.1 Å². The van der Waals surface area contributed by atoms with Crippen LogP contribution in [0.15, 0.2) is 46.9 Å². The van der Waals surface area contributed by atoms with Gasteiger partial charge in [0, 0.05) is 10.0 Å². The van der Waals surface area contributed by atoms with Gasteiger partial charge in [0.25, 0.3) is 0 Å². The molecular weight excluding hydrogens is 304 g/mol. The van der Waals surface area contributed by atoms with Gasteiger partial charge in [-0.05, 0) is 55.3 Å². The van der Waals surface area contributed by atoms with Crippen molar-refractivity contribution in [2.75, 3.05) is 0 Å². The quantitative estimate of drug-likeness (QED) is 0.774. The van der Waals surface area contributed by atoms with Crippen molar-refractivity contribution >= 4 is 21.7 Å². The zero-order chi connectivity index (χ0) is 13.8. The molecule has 2 rings (SSSR count). The summed E-state index contributed by atoms with van der Waals surface area (Å²) in [5.74, 6) is 0.860. The molecule has 0 saturated carbocycles. The van der Waals surface area contributed by atoms with E-state index in [1.54, 1.807) is 6.92 Å². The van der Waals surface area contributed by atoms with E-state index in [0.717, 1.165) is 26.9 Å². The average molecular weight is 319 g/mol. The second-order valence-corrected chi connectivity index (χ2v) is 5.37. The molecule has 0 aliphatic rings. The molecule has 0 radical (unpaired) electrons. The van der Waals surface area contributed by atoms with Gasteiger partial charge >= 0.3 is 0 Å². The van der Waals surface area contributed by atoms with Crippen LogP contribution in [0.3, 0.4) is 0 Å². The van der Waals surface area contributed by atoms with Crippen LogP contribution in [0.25, 0.3) is 0 Å². The van der Waals surface area contributed by atoms with Crippen LogP contribution in [0.5, 0.6) is 5.75 Å². The molecule has 0 spiro atoms. The predicted octanol–water partition coefficient (Wildman–Crippen LogP) is 4.54. The Balaban J connectivity index is 2.08. The fourth-order valence-corrected chi connectivity index (χ4v) is 2.36. The van der Waals surface area contributed by atoms with E-state index in [-0.39, 0.29) is 5.78 Å². The fraction of sp³-hybridized carbons (Fsp3) is 0.188. The van der Waals surface area contributed by atoms with Crippen molar-refractivity contribution in [2.45, 2.75) is 20.5 Å². The summed E-state index contributed by atoms with van der Waals surface area (Å²) in [6, 6.07) is 13.5. The first kappa shape index (κ1) is 13.8. The van der Waals surface area contributed by atoms with Gasteiger partial charge in [0.05, 0.1) is 0 Å². The Hall–Kier alpha value is -1.61. The average Bonchev–Trinajstić information content (AvgIpc) is 2.36. The predicted molar refractivity (Wildman–Crippen MR) is 79.7 cm³/mol. The van der Waals surface area contributed by atoms with Crippen molar-refractivity contribution in [3.63, 3.8) is 0 Å². The van der Waals surface area contributed by atoms with Crippen LogP contribution in [-0.2, 0) is 6.61 Å². The summed E-state index contributed by atoms with van der Waals surface area (Å²) < 4.78 is 6.77. The minimum atomic E-state index is 0.0797. The Labute approximate surface area is 121 Å². The Morgan fingerprint density at radius 1 is 1.21 bits per heavy atom. The maximum atomic E-state index is 11.3. The molecule has 19 heavy (non-hydrogen) atoms.